The molecule has 0 saturated carbocycles. The van der Waals surface area contributed by atoms with E-state index in [4.69, 9.17) is 0 Å². The van der Waals surface area contributed by atoms with Crippen LogP contribution in [0, 0.1) is 30.2 Å². The zero-order valence-electron chi connectivity index (χ0n) is 11.7. The summed E-state index contributed by atoms with van der Waals surface area (Å²) in [4.78, 5) is 0. The number of hydrogen-bond donors (Lipinski definition) is 1. The van der Waals surface area contributed by atoms with Crippen molar-refractivity contribution in [2.75, 3.05) is 6.54 Å². The van der Waals surface area contributed by atoms with Gasteiger partial charge < -0.3 is 5.32 Å². The van der Waals surface area contributed by atoms with Crippen molar-refractivity contribution in [2.24, 2.45) is 0 Å². The van der Waals surface area contributed by atoms with E-state index in [1.807, 2.05) is 0 Å². The number of nitrogens with one attached hydrogen (secondary N) is 1. The van der Waals surface area contributed by atoms with E-state index in [9.17, 15) is 17.6 Å². The Kier molecular flexibility index (Phi) is 4.63. The molecule has 2 rings (SSSR count). The number of benzene rings is 2. The summed E-state index contributed by atoms with van der Waals surface area (Å²) in [6, 6.07) is 4.71. The molecule has 1 nitrogen and oxygen atoms in total. The van der Waals surface area contributed by atoms with Crippen LogP contribution in [0.15, 0.2) is 30.3 Å². The minimum absolute atomic E-state index is 0.318. The molecule has 0 aliphatic heterocycles. The molecule has 0 aromatic heterocycles. The summed E-state index contributed by atoms with van der Waals surface area (Å²) in [5.41, 5.74) is 0.500. The average molecular weight is 297 g/mol. The van der Waals surface area contributed by atoms with E-state index in [0.29, 0.717) is 29.8 Å². The van der Waals surface area contributed by atoms with Crippen LogP contribution in [-0.2, 0) is 0 Å². The molecule has 0 heterocycles. The van der Waals surface area contributed by atoms with Gasteiger partial charge in [0.05, 0.1) is 6.04 Å². The van der Waals surface area contributed by atoms with Gasteiger partial charge in [-0.25, -0.2) is 17.6 Å². The smallest absolute Gasteiger partial charge is 0.134 e. The summed E-state index contributed by atoms with van der Waals surface area (Å²) in [7, 11) is 0. The molecule has 0 saturated heterocycles. The van der Waals surface area contributed by atoms with Crippen molar-refractivity contribution in [1.29, 1.82) is 0 Å². The number of halogens is 4. The van der Waals surface area contributed by atoms with E-state index in [2.05, 4.69) is 5.32 Å². The largest absolute Gasteiger partial charge is 0.306 e. The van der Waals surface area contributed by atoms with E-state index < -0.39 is 29.3 Å². The van der Waals surface area contributed by atoms with Gasteiger partial charge in [-0.15, -0.1) is 0 Å². The number of aryl methyl sites for hydroxylation is 1. The summed E-state index contributed by atoms with van der Waals surface area (Å²) in [5.74, 6) is -3.45. The third-order valence-electron chi connectivity index (χ3n) is 3.27. The normalized spacial score (nSPS) is 12.5. The maximum absolute atomic E-state index is 13.9. The average Bonchev–Trinajstić information content (AvgIpc) is 2.40. The Morgan fingerprint density at radius 3 is 2.10 bits per heavy atom. The predicted molar refractivity (Wildman–Crippen MR) is 73.0 cm³/mol. The molecule has 0 aliphatic carbocycles. The zero-order chi connectivity index (χ0) is 15.6. The summed E-state index contributed by atoms with van der Waals surface area (Å²) in [6.45, 7) is 3.77. The van der Waals surface area contributed by atoms with E-state index in [0.717, 1.165) is 0 Å². The van der Waals surface area contributed by atoms with Crippen molar-refractivity contribution in [3.8, 4) is 0 Å². The van der Waals surface area contributed by atoms with Crippen molar-refractivity contribution < 1.29 is 17.6 Å². The first kappa shape index (κ1) is 15.5. The lowest BCUT2D eigenvalue weighted by Gasteiger charge is -2.20. The molecule has 2 aromatic rings. The third kappa shape index (κ3) is 3.24. The van der Waals surface area contributed by atoms with Gasteiger partial charge in [-0.1, -0.05) is 19.1 Å². The Balaban J connectivity index is 2.55. The topological polar surface area (TPSA) is 12.0 Å². The Hall–Kier alpha value is -1.88. The van der Waals surface area contributed by atoms with Gasteiger partial charge in [0.25, 0.3) is 0 Å². The van der Waals surface area contributed by atoms with Gasteiger partial charge in [-0.2, -0.15) is 0 Å². The summed E-state index contributed by atoms with van der Waals surface area (Å²) >= 11 is 0. The molecule has 0 aliphatic rings. The molecule has 0 radical (unpaired) electrons. The van der Waals surface area contributed by atoms with Gasteiger partial charge in [0.15, 0.2) is 0 Å². The van der Waals surface area contributed by atoms with Crippen molar-refractivity contribution in [1.82, 2.24) is 5.32 Å². The van der Waals surface area contributed by atoms with Crippen molar-refractivity contribution in [3.05, 3.63) is 70.3 Å². The zero-order valence-corrected chi connectivity index (χ0v) is 11.7. The highest BCUT2D eigenvalue weighted by Gasteiger charge is 2.23. The molecule has 5 heteroatoms. The Labute approximate surface area is 120 Å². The van der Waals surface area contributed by atoms with E-state index in [1.165, 1.54) is 12.1 Å². The van der Waals surface area contributed by atoms with Crippen LogP contribution in [0.3, 0.4) is 0 Å². The summed E-state index contributed by atoms with van der Waals surface area (Å²) < 4.78 is 54.6. The van der Waals surface area contributed by atoms with Crippen LogP contribution in [0.2, 0.25) is 0 Å². The second kappa shape index (κ2) is 6.26. The highest BCUT2D eigenvalue weighted by atomic mass is 19.1. The van der Waals surface area contributed by atoms with Crippen LogP contribution in [0.1, 0.15) is 29.7 Å². The fourth-order valence-electron chi connectivity index (χ4n) is 2.21. The standard InChI is InChI=1S/C16H15F4N/c1-3-21-16(10-5-4-9(2)12(18)6-10)15-13(19)7-11(17)8-14(15)20/h4-8,16,21H,3H2,1-2H3. The molecule has 0 bridgehead atoms. The predicted octanol–water partition coefficient (Wildman–Crippen LogP) is 4.25. The first-order valence-corrected chi connectivity index (χ1v) is 6.58. The Morgan fingerprint density at radius 1 is 0.952 bits per heavy atom. The molecule has 0 spiro atoms. The second-order valence-corrected chi connectivity index (χ2v) is 4.78. The van der Waals surface area contributed by atoms with Crippen molar-refractivity contribution >= 4 is 0 Å². The number of hydrogen-bond acceptors (Lipinski definition) is 1. The van der Waals surface area contributed by atoms with E-state index in [1.54, 1.807) is 19.9 Å². The highest BCUT2D eigenvalue weighted by molar-refractivity contribution is 5.36. The molecule has 21 heavy (non-hydrogen) atoms. The summed E-state index contributed by atoms with van der Waals surface area (Å²) in [6.07, 6.45) is 0. The molecular formula is C16H15F4N. The summed E-state index contributed by atoms with van der Waals surface area (Å²) in [5, 5.41) is 2.89. The molecule has 0 amide bonds. The van der Waals surface area contributed by atoms with Crippen LogP contribution in [-0.4, -0.2) is 6.54 Å². The van der Waals surface area contributed by atoms with Crippen molar-refractivity contribution in [2.45, 2.75) is 19.9 Å². The third-order valence-corrected chi connectivity index (χ3v) is 3.27. The lowest BCUT2D eigenvalue weighted by Crippen LogP contribution is -2.24. The fraction of sp³-hybridized carbons (Fsp3) is 0.250. The molecular weight excluding hydrogens is 282 g/mol. The first-order chi connectivity index (χ1) is 9.93. The minimum Gasteiger partial charge on any atom is -0.306 e. The first-order valence-electron chi connectivity index (χ1n) is 6.58. The van der Waals surface area contributed by atoms with Crippen molar-refractivity contribution in [3.63, 3.8) is 0 Å². The second-order valence-electron chi connectivity index (χ2n) is 4.78. The molecule has 1 unspecified atom stereocenters. The van der Waals surface area contributed by atoms with Gasteiger partial charge in [0.1, 0.15) is 23.3 Å². The maximum atomic E-state index is 13.9. The van der Waals surface area contributed by atoms with Crippen LogP contribution >= 0.6 is 0 Å². The monoisotopic (exact) mass is 297 g/mol. The molecule has 1 atom stereocenters. The quantitative estimate of drug-likeness (QED) is 0.832. The SMILES string of the molecule is CCNC(c1ccc(C)c(F)c1)c1c(F)cc(F)cc1F. The van der Waals surface area contributed by atoms with E-state index >= 15 is 0 Å². The van der Waals surface area contributed by atoms with Crippen LogP contribution in [0.4, 0.5) is 17.6 Å². The minimum atomic E-state index is -1.00. The van der Waals surface area contributed by atoms with Crippen LogP contribution in [0.25, 0.3) is 0 Å². The van der Waals surface area contributed by atoms with Crippen LogP contribution in [0.5, 0.6) is 0 Å². The van der Waals surface area contributed by atoms with Gasteiger partial charge in [0, 0.05) is 17.7 Å². The lowest BCUT2D eigenvalue weighted by atomic mass is 9.96. The van der Waals surface area contributed by atoms with Crippen LogP contribution < -0.4 is 5.32 Å². The van der Waals surface area contributed by atoms with Gasteiger partial charge in [-0.3, -0.25) is 0 Å². The van der Waals surface area contributed by atoms with Gasteiger partial charge in [-0.05, 0) is 30.7 Å². The Morgan fingerprint density at radius 2 is 1.57 bits per heavy atom. The highest BCUT2D eigenvalue weighted by Crippen LogP contribution is 2.28. The van der Waals surface area contributed by atoms with Gasteiger partial charge in [0.2, 0.25) is 0 Å². The maximum Gasteiger partial charge on any atom is 0.134 e. The lowest BCUT2D eigenvalue weighted by molar-refractivity contribution is 0.490. The number of rotatable bonds is 4. The van der Waals surface area contributed by atoms with Gasteiger partial charge >= 0.3 is 0 Å². The molecule has 0 fully saturated rings. The Bertz CT molecular complexity index is 632. The van der Waals surface area contributed by atoms with E-state index in [-0.39, 0.29) is 5.56 Å². The molecule has 1 N–H and O–H groups in total. The fourth-order valence-corrected chi connectivity index (χ4v) is 2.21. The molecule has 2 aromatic carbocycles. The molecule has 112 valence electrons.